The molecule has 2 aromatic carbocycles. The lowest BCUT2D eigenvalue weighted by molar-refractivity contribution is -0.120. The van der Waals surface area contributed by atoms with Crippen molar-refractivity contribution in [1.82, 2.24) is 4.31 Å². The summed E-state index contributed by atoms with van der Waals surface area (Å²) in [5.74, 6) is -2.42. The van der Waals surface area contributed by atoms with Gasteiger partial charge in [-0.15, -0.1) is 0 Å². The van der Waals surface area contributed by atoms with E-state index in [1.165, 1.54) is 42.8 Å². The van der Waals surface area contributed by atoms with E-state index in [4.69, 9.17) is 32.7 Å². The van der Waals surface area contributed by atoms with Gasteiger partial charge >= 0.3 is 11.9 Å². The van der Waals surface area contributed by atoms with Crippen LogP contribution in [0.2, 0.25) is 10.0 Å². The van der Waals surface area contributed by atoms with Crippen LogP contribution < -0.4 is 5.32 Å². The number of halogens is 2. The third-order valence-corrected chi connectivity index (χ3v) is 8.03. The second-order valence-electron chi connectivity index (χ2n) is 7.94. The van der Waals surface area contributed by atoms with E-state index in [2.05, 4.69) is 5.32 Å². The van der Waals surface area contributed by atoms with Crippen molar-refractivity contribution >= 4 is 56.8 Å². The van der Waals surface area contributed by atoms with Crippen LogP contribution in [-0.2, 0) is 30.0 Å². The summed E-state index contributed by atoms with van der Waals surface area (Å²) in [6.07, 6.45) is 0.611. The summed E-state index contributed by atoms with van der Waals surface area (Å²) >= 11 is 12.0. The van der Waals surface area contributed by atoms with E-state index in [9.17, 15) is 22.8 Å². The quantitative estimate of drug-likeness (QED) is 0.529. The fourth-order valence-corrected chi connectivity index (χ4v) is 5.89. The number of methoxy groups -OCH3 is 2. The first-order valence-corrected chi connectivity index (χ1v) is 12.9. The molecular weight excluding hydrogens is 519 g/mol. The molecule has 0 aromatic heterocycles. The predicted octanol–water partition coefficient (Wildman–Crippen LogP) is 3.75. The molecular formula is C23H24Cl2N2O7S. The van der Waals surface area contributed by atoms with E-state index >= 15 is 0 Å². The standard InChI is InChI=1S/C23H24Cl2N2O7S/c1-33-22(29)16-9-17(23(30)34-2)11-19(10-16)26-21(28)14-5-7-27(8-6-14)35(31,32)13-15-3-4-18(24)12-20(15)25/h3-4,9-12,14H,5-8,13H2,1-2H3,(H,26,28). The molecule has 9 nitrogen and oxygen atoms in total. The minimum atomic E-state index is -3.64. The van der Waals surface area contributed by atoms with Crippen molar-refractivity contribution < 1.29 is 32.3 Å². The van der Waals surface area contributed by atoms with Gasteiger partial charge in [-0.25, -0.2) is 22.3 Å². The van der Waals surface area contributed by atoms with Gasteiger partial charge in [0.15, 0.2) is 0 Å². The van der Waals surface area contributed by atoms with Crippen molar-refractivity contribution in [3.63, 3.8) is 0 Å². The van der Waals surface area contributed by atoms with E-state index < -0.39 is 27.9 Å². The summed E-state index contributed by atoms with van der Waals surface area (Å²) in [5.41, 5.74) is 0.827. The van der Waals surface area contributed by atoms with Crippen molar-refractivity contribution in [1.29, 1.82) is 0 Å². The summed E-state index contributed by atoms with van der Waals surface area (Å²) in [6.45, 7) is 0.336. The van der Waals surface area contributed by atoms with Crippen molar-refractivity contribution in [3.8, 4) is 0 Å². The van der Waals surface area contributed by atoms with E-state index in [1.807, 2.05) is 0 Å². The lowest BCUT2D eigenvalue weighted by Crippen LogP contribution is -2.41. The fraction of sp³-hybridized carbons (Fsp3) is 0.348. The molecule has 0 atom stereocenters. The molecule has 0 bridgehead atoms. The molecule has 1 aliphatic rings. The van der Waals surface area contributed by atoms with Gasteiger partial charge in [0.2, 0.25) is 15.9 Å². The van der Waals surface area contributed by atoms with Crippen molar-refractivity contribution in [2.24, 2.45) is 5.92 Å². The SMILES string of the molecule is COC(=O)c1cc(NC(=O)C2CCN(S(=O)(=O)Cc3ccc(Cl)cc3Cl)CC2)cc(C(=O)OC)c1. The number of sulfonamides is 1. The molecule has 188 valence electrons. The molecule has 0 radical (unpaired) electrons. The summed E-state index contributed by atoms with van der Waals surface area (Å²) < 4.78 is 36.5. The average molecular weight is 543 g/mol. The first-order chi connectivity index (χ1) is 16.5. The molecule has 1 saturated heterocycles. The monoisotopic (exact) mass is 542 g/mol. The maximum Gasteiger partial charge on any atom is 0.337 e. The number of carbonyl (C=O) groups excluding carboxylic acids is 3. The third-order valence-electron chi connectivity index (χ3n) is 5.61. The van der Waals surface area contributed by atoms with Gasteiger partial charge in [0.25, 0.3) is 0 Å². The van der Waals surface area contributed by atoms with Crippen LogP contribution in [0.4, 0.5) is 5.69 Å². The van der Waals surface area contributed by atoms with Gasteiger partial charge in [-0.1, -0.05) is 29.3 Å². The average Bonchev–Trinajstić information content (AvgIpc) is 2.84. The molecule has 1 N–H and O–H groups in total. The highest BCUT2D eigenvalue weighted by Crippen LogP contribution is 2.27. The second-order valence-corrected chi connectivity index (χ2v) is 10.7. The number of carbonyl (C=O) groups is 3. The molecule has 1 aliphatic heterocycles. The number of hydrogen-bond donors (Lipinski definition) is 1. The molecule has 12 heteroatoms. The van der Waals surface area contributed by atoms with Crippen LogP contribution >= 0.6 is 23.2 Å². The van der Waals surface area contributed by atoms with Gasteiger partial charge in [-0.05, 0) is 48.7 Å². The van der Waals surface area contributed by atoms with Gasteiger partial charge in [0.1, 0.15) is 0 Å². The number of benzene rings is 2. The minimum Gasteiger partial charge on any atom is -0.465 e. The summed E-state index contributed by atoms with van der Waals surface area (Å²) in [7, 11) is -1.24. The number of rotatable bonds is 7. The van der Waals surface area contributed by atoms with E-state index in [1.54, 1.807) is 12.1 Å². The van der Waals surface area contributed by atoms with Crippen LogP contribution in [0.1, 0.15) is 39.1 Å². The Kier molecular flexibility index (Phi) is 8.76. The first kappa shape index (κ1) is 26.9. The predicted molar refractivity (Wildman–Crippen MR) is 131 cm³/mol. The fourth-order valence-electron chi connectivity index (χ4n) is 3.74. The molecule has 1 heterocycles. The Balaban J connectivity index is 1.66. The van der Waals surface area contributed by atoms with Gasteiger partial charge in [0, 0.05) is 34.7 Å². The van der Waals surface area contributed by atoms with Gasteiger partial charge < -0.3 is 14.8 Å². The largest absolute Gasteiger partial charge is 0.465 e. The highest BCUT2D eigenvalue weighted by atomic mass is 35.5. The number of nitrogens with one attached hydrogen (secondary N) is 1. The first-order valence-electron chi connectivity index (χ1n) is 10.6. The highest BCUT2D eigenvalue weighted by molar-refractivity contribution is 7.88. The molecule has 3 rings (SSSR count). The Morgan fingerprint density at radius 3 is 2.06 bits per heavy atom. The smallest absolute Gasteiger partial charge is 0.337 e. The lowest BCUT2D eigenvalue weighted by atomic mass is 9.97. The maximum absolute atomic E-state index is 12.9. The number of hydrogen-bond acceptors (Lipinski definition) is 7. The molecule has 0 spiro atoms. The molecule has 1 fully saturated rings. The van der Waals surface area contributed by atoms with Gasteiger partial charge in [0.05, 0.1) is 31.1 Å². The zero-order valence-corrected chi connectivity index (χ0v) is 21.4. The van der Waals surface area contributed by atoms with Crippen LogP contribution in [0.3, 0.4) is 0 Å². The van der Waals surface area contributed by atoms with Crippen molar-refractivity contribution in [2.45, 2.75) is 18.6 Å². The normalized spacial score (nSPS) is 14.9. The van der Waals surface area contributed by atoms with E-state index in [0.717, 1.165) is 0 Å². The topological polar surface area (TPSA) is 119 Å². The summed E-state index contributed by atoms with van der Waals surface area (Å²) in [5, 5.41) is 3.39. The molecule has 0 saturated carbocycles. The van der Waals surface area contributed by atoms with Crippen molar-refractivity contribution in [2.75, 3.05) is 32.6 Å². The van der Waals surface area contributed by atoms with Crippen LogP contribution in [-0.4, -0.2) is 57.9 Å². The zero-order valence-electron chi connectivity index (χ0n) is 19.0. The van der Waals surface area contributed by atoms with Gasteiger partial charge in [-0.3, -0.25) is 4.79 Å². The molecule has 35 heavy (non-hydrogen) atoms. The van der Waals surface area contributed by atoms with Crippen molar-refractivity contribution in [3.05, 3.63) is 63.1 Å². The number of piperidine rings is 1. The maximum atomic E-state index is 12.9. The molecule has 0 unspecified atom stereocenters. The number of ether oxygens (including phenoxy) is 2. The molecule has 2 aromatic rings. The summed E-state index contributed by atoms with van der Waals surface area (Å²) in [4.78, 5) is 36.8. The summed E-state index contributed by atoms with van der Waals surface area (Å²) in [6, 6.07) is 8.75. The minimum absolute atomic E-state index is 0.0764. The molecule has 1 amide bonds. The lowest BCUT2D eigenvalue weighted by Gasteiger charge is -2.30. The Morgan fingerprint density at radius 1 is 0.971 bits per heavy atom. The third kappa shape index (κ3) is 6.72. The van der Waals surface area contributed by atoms with E-state index in [-0.39, 0.29) is 46.6 Å². The van der Waals surface area contributed by atoms with E-state index in [0.29, 0.717) is 23.4 Å². The van der Waals surface area contributed by atoms with Crippen LogP contribution in [0.25, 0.3) is 0 Å². The number of nitrogens with zero attached hydrogens (tertiary/aromatic N) is 1. The Bertz CT molecular complexity index is 1210. The Hall–Kier alpha value is -2.66. The van der Waals surface area contributed by atoms with Crippen LogP contribution in [0.5, 0.6) is 0 Å². The second kappa shape index (κ2) is 11.4. The Labute approximate surface area is 213 Å². The molecule has 0 aliphatic carbocycles. The number of esters is 2. The van der Waals surface area contributed by atoms with Gasteiger partial charge in [-0.2, -0.15) is 0 Å². The zero-order chi connectivity index (χ0) is 25.8. The number of amides is 1. The number of anilines is 1. The highest BCUT2D eigenvalue weighted by Gasteiger charge is 2.32. The Morgan fingerprint density at radius 2 is 1.54 bits per heavy atom. The van der Waals surface area contributed by atoms with Crippen LogP contribution in [0.15, 0.2) is 36.4 Å². The van der Waals surface area contributed by atoms with Crippen LogP contribution in [0, 0.1) is 5.92 Å².